The summed E-state index contributed by atoms with van der Waals surface area (Å²) in [7, 11) is 1.84. The Morgan fingerprint density at radius 2 is 1.84 bits per heavy atom. The van der Waals surface area contributed by atoms with Gasteiger partial charge < -0.3 is 5.32 Å². The molecule has 130 valence electrons. The minimum absolute atomic E-state index is 0.156. The summed E-state index contributed by atoms with van der Waals surface area (Å²) in [6.45, 7) is 6.36. The van der Waals surface area contributed by atoms with Crippen LogP contribution in [-0.2, 0) is 13.6 Å². The first-order valence-electron chi connectivity index (χ1n) is 7.95. The van der Waals surface area contributed by atoms with Gasteiger partial charge in [-0.15, -0.1) is 0 Å². The fourth-order valence-corrected chi connectivity index (χ4v) is 2.71. The van der Waals surface area contributed by atoms with Crippen LogP contribution in [0.4, 0.5) is 5.69 Å². The van der Waals surface area contributed by atoms with Crippen molar-refractivity contribution in [3.8, 4) is 0 Å². The first kappa shape index (κ1) is 17.2. The molecule has 1 N–H and O–H groups in total. The second-order valence-corrected chi connectivity index (χ2v) is 6.44. The molecule has 3 aromatic rings. The maximum Gasteiger partial charge on any atom is 0.255 e. The third kappa shape index (κ3) is 3.44. The minimum Gasteiger partial charge on any atom is -0.319 e. The number of aryl methyl sites for hydroxylation is 2. The lowest BCUT2D eigenvalue weighted by atomic mass is 10.1. The summed E-state index contributed by atoms with van der Waals surface area (Å²) < 4.78 is 3.59. The number of carbonyl (C=O) groups excluding carboxylic acids is 1. The van der Waals surface area contributed by atoms with Crippen LogP contribution in [0.15, 0.2) is 30.5 Å². The molecule has 0 aliphatic carbocycles. The number of anilines is 1. The van der Waals surface area contributed by atoms with Gasteiger partial charge in [0.15, 0.2) is 0 Å². The largest absolute Gasteiger partial charge is 0.319 e. The molecule has 0 radical (unpaired) electrons. The number of nitrogens with zero attached hydrogens (tertiary/aromatic N) is 4. The average molecular weight is 358 g/mol. The van der Waals surface area contributed by atoms with Crippen molar-refractivity contribution in [2.24, 2.45) is 7.05 Å². The molecule has 2 heterocycles. The standard InChI is InChI=1S/C18H20ClN5O/c1-11-17(19)13(3)24(22-11)10-14-5-7-15(8-6-14)18(25)21-16-9-20-23(4)12(16)2/h5-9H,10H2,1-4H3,(H,21,25). The van der Waals surface area contributed by atoms with Crippen molar-refractivity contribution in [2.75, 3.05) is 5.32 Å². The molecule has 1 amide bonds. The van der Waals surface area contributed by atoms with E-state index in [1.165, 1.54) is 0 Å². The summed E-state index contributed by atoms with van der Waals surface area (Å²) in [5, 5.41) is 12.1. The Morgan fingerprint density at radius 1 is 1.16 bits per heavy atom. The van der Waals surface area contributed by atoms with Crippen molar-refractivity contribution in [1.29, 1.82) is 0 Å². The summed E-state index contributed by atoms with van der Waals surface area (Å²) in [6, 6.07) is 7.47. The summed E-state index contributed by atoms with van der Waals surface area (Å²) in [5.74, 6) is -0.156. The van der Waals surface area contributed by atoms with Crippen LogP contribution >= 0.6 is 11.6 Å². The maximum atomic E-state index is 12.4. The van der Waals surface area contributed by atoms with Gasteiger partial charge in [-0.2, -0.15) is 10.2 Å². The van der Waals surface area contributed by atoms with Crippen molar-refractivity contribution >= 4 is 23.2 Å². The van der Waals surface area contributed by atoms with Gasteiger partial charge in [0.05, 0.1) is 40.5 Å². The molecule has 2 aromatic heterocycles. The Morgan fingerprint density at radius 3 is 2.36 bits per heavy atom. The van der Waals surface area contributed by atoms with Gasteiger partial charge in [-0.1, -0.05) is 23.7 Å². The number of hydrogen-bond acceptors (Lipinski definition) is 3. The number of hydrogen-bond donors (Lipinski definition) is 1. The molecule has 0 spiro atoms. The van der Waals surface area contributed by atoms with Gasteiger partial charge in [0, 0.05) is 12.6 Å². The first-order valence-corrected chi connectivity index (χ1v) is 8.33. The van der Waals surface area contributed by atoms with Crippen molar-refractivity contribution < 1.29 is 4.79 Å². The SMILES string of the molecule is Cc1nn(Cc2ccc(C(=O)Nc3cnn(C)c3C)cc2)c(C)c1Cl. The van der Waals surface area contributed by atoms with Crippen LogP contribution < -0.4 is 5.32 Å². The predicted molar refractivity (Wildman–Crippen MR) is 98.2 cm³/mol. The van der Waals surface area contributed by atoms with Crippen LogP contribution in [0, 0.1) is 20.8 Å². The molecule has 3 rings (SSSR count). The van der Waals surface area contributed by atoms with Crippen molar-refractivity contribution in [3.05, 3.63) is 63.7 Å². The summed E-state index contributed by atoms with van der Waals surface area (Å²) in [4.78, 5) is 12.4. The van der Waals surface area contributed by atoms with E-state index in [0.29, 0.717) is 22.8 Å². The smallest absolute Gasteiger partial charge is 0.255 e. The average Bonchev–Trinajstić information content (AvgIpc) is 3.03. The van der Waals surface area contributed by atoms with E-state index < -0.39 is 0 Å². The number of aromatic nitrogens is 4. The van der Waals surface area contributed by atoms with Crippen LogP contribution in [0.5, 0.6) is 0 Å². The Bertz CT molecular complexity index is 924. The second kappa shape index (κ2) is 6.72. The van der Waals surface area contributed by atoms with Crippen LogP contribution in [0.1, 0.15) is 33.0 Å². The highest BCUT2D eigenvalue weighted by Crippen LogP contribution is 2.20. The van der Waals surface area contributed by atoms with E-state index in [-0.39, 0.29) is 5.91 Å². The molecule has 0 aliphatic heterocycles. The molecular weight excluding hydrogens is 338 g/mol. The van der Waals surface area contributed by atoms with E-state index in [1.807, 2.05) is 56.8 Å². The second-order valence-electron chi connectivity index (χ2n) is 6.06. The van der Waals surface area contributed by atoms with E-state index in [9.17, 15) is 4.79 Å². The van der Waals surface area contributed by atoms with E-state index in [4.69, 9.17) is 11.6 Å². The van der Waals surface area contributed by atoms with Crippen LogP contribution in [0.25, 0.3) is 0 Å². The quantitative estimate of drug-likeness (QED) is 0.777. The third-order valence-electron chi connectivity index (χ3n) is 4.33. The highest BCUT2D eigenvalue weighted by Gasteiger charge is 2.12. The van der Waals surface area contributed by atoms with Crippen LogP contribution in [0.2, 0.25) is 5.02 Å². The monoisotopic (exact) mass is 357 g/mol. The molecule has 0 saturated carbocycles. The zero-order valence-electron chi connectivity index (χ0n) is 14.7. The maximum absolute atomic E-state index is 12.4. The zero-order valence-corrected chi connectivity index (χ0v) is 15.4. The highest BCUT2D eigenvalue weighted by atomic mass is 35.5. The van der Waals surface area contributed by atoms with Crippen LogP contribution in [-0.4, -0.2) is 25.5 Å². The predicted octanol–water partition coefficient (Wildman–Crippen LogP) is 3.50. The number of benzene rings is 1. The molecule has 0 fully saturated rings. The number of nitrogens with one attached hydrogen (secondary N) is 1. The van der Waals surface area contributed by atoms with Crippen LogP contribution in [0.3, 0.4) is 0 Å². The fraction of sp³-hybridized carbons (Fsp3) is 0.278. The first-order chi connectivity index (χ1) is 11.9. The molecule has 0 atom stereocenters. The van der Waals surface area contributed by atoms with Gasteiger partial charge in [-0.25, -0.2) is 0 Å². The van der Waals surface area contributed by atoms with Gasteiger partial charge >= 0.3 is 0 Å². The van der Waals surface area contributed by atoms with Gasteiger partial charge in [0.1, 0.15) is 0 Å². The molecule has 6 nitrogen and oxygen atoms in total. The lowest BCUT2D eigenvalue weighted by Gasteiger charge is -2.07. The minimum atomic E-state index is -0.156. The Balaban J connectivity index is 1.72. The third-order valence-corrected chi connectivity index (χ3v) is 4.87. The zero-order chi connectivity index (χ0) is 18.1. The molecule has 0 aliphatic rings. The van der Waals surface area contributed by atoms with Gasteiger partial charge in [0.2, 0.25) is 0 Å². The molecular formula is C18H20ClN5O. The van der Waals surface area contributed by atoms with Gasteiger partial charge in [-0.05, 0) is 38.5 Å². The Kier molecular flexibility index (Phi) is 4.63. The fourth-order valence-electron chi connectivity index (χ4n) is 2.58. The molecule has 1 aromatic carbocycles. The van der Waals surface area contributed by atoms with Gasteiger partial charge in [-0.3, -0.25) is 14.2 Å². The summed E-state index contributed by atoms with van der Waals surface area (Å²) >= 11 is 6.18. The summed E-state index contributed by atoms with van der Waals surface area (Å²) in [6.07, 6.45) is 1.65. The number of carbonyl (C=O) groups is 1. The van der Waals surface area contributed by atoms with E-state index in [2.05, 4.69) is 15.5 Å². The van der Waals surface area contributed by atoms with E-state index >= 15 is 0 Å². The Labute approximate surface area is 151 Å². The lowest BCUT2D eigenvalue weighted by molar-refractivity contribution is 0.102. The molecule has 0 saturated heterocycles. The summed E-state index contributed by atoms with van der Waals surface area (Å²) in [5.41, 5.74) is 5.03. The Hall–Kier alpha value is -2.60. The molecule has 7 heteroatoms. The van der Waals surface area contributed by atoms with Gasteiger partial charge in [0.25, 0.3) is 5.91 Å². The van der Waals surface area contributed by atoms with E-state index in [1.54, 1.807) is 10.9 Å². The number of amides is 1. The van der Waals surface area contributed by atoms with Crippen molar-refractivity contribution in [1.82, 2.24) is 19.6 Å². The van der Waals surface area contributed by atoms with Crippen molar-refractivity contribution in [2.45, 2.75) is 27.3 Å². The van der Waals surface area contributed by atoms with Crippen molar-refractivity contribution in [3.63, 3.8) is 0 Å². The molecule has 0 bridgehead atoms. The molecule has 25 heavy (non-hydrogen) atoms. The number of rotatable bonds is 4. The van der Waals surface area contributed by atoms with E-state index in [0.717, 1.165) is 22.6 Å². The molecule has 0 unspecified atom stereocenters. The highest BCUT2D eigenvalue weighted by molar-refractivity contribution is 6.31. The topological polar surface area (TPSA) is 64.7 Å². The number of halogens is 1. The lowest BCUT2D eigenvalue weighted by Crippen LogP contribution is -2.12. The normalized spacial score (nSPS) is 10.9.